The van der Waals surface area contributed by atoms with Crippen molar-refractivity contribution < 1.29 is 9.53 Å². The molecule has 29 heavy (non-hydrogen) atoms. The molecule has 2 aliphatic rings. The molecule has 0 N–H and O–H groups in total. The van der Waals surface area contributed by atoms with Crippen molar-refractivity contribution in [2.75, 3.05) is 32.8 Å². The van der Waals surface area contributed by atoms with Crippen LogP contribution in [-0.4, -0.2) is 58.5 Å². The molecule has 6 nitrogen and oxygen atoms in total. The zero-order chi connectivity index (χ0) is 20.1. The molecule has 0 atom stereocenters. The van der Waals surface area contributed by atoms with Crippen LogP contribution in [0.2, 0.25) is 0 Å². The highest BCUT2D eigenvalue weighted by atomic mass is 16.5. The lowest BCUT2D eigenvalue weighted by atomic mass is 9.72. The highest BCUT2D eigenvalue weighted by molar-refractivity contribution is 5.77. The fourth-order valence-electron chi connectivity index (χ4n) is 4.41. The number of aryl methyl sites for hydroxylation is 1. The van der Waals surface area contributed by atoms with E-state index in [1.165, 1.54) is 0 Å². The van der Waals surface area contributed by atoms with Gasteiger partial charge in [0.05, 0.1) is 24.1 Å². The first-order chi connectivity index (χ1) is 14.1. The van der Waals surface area contributed by atoms with E-state index in [0.29, 0.717) is 19.6 Å². The second-order valence-corrected chi connectivity index (χ2v) is 8.40. The monoisotopic (exact) mass is 394 g/mol. The van der Waals surface area contributed by atoms with Gasteiger partial charge in [0.2, 0.25) is 5.91 Å². The van der Waals surface area contributed by atoms with Gasteiger partial charge in [-0.25, -0.2) is 0 Å². The minimum Gasteiger partial charge on any atom is -0.492 e. The summed E-state index contributed by atoms with van der Waals surface area (Å²) in [4.78, 5) is 25.7. The maximum atomic E-state index is 12.5. The number of amides is 1. The van der Waals surface area contributed by atoms with Gasteiger partial charge in [-0.15, -0.1) is 0 Å². The standard InChI is InChI=1S/C23H30N4O2/c1-19-15-25-20(16-24-19)17-27-18-23(8-7-22(27)28)9-11-26(12-10-23)13-14-29-21-5-3-2-4-6-21/h2-6,15-16H,7-14,17-18H2,1H3. The zero-order valence-corrected chi connectivity index (χ0v) is 17.2. The van der Waals surface area contributed by atoms with Crippen molar-refractivity contribution in [2.24, 2.45) is 5.41 Å². The van der Waals surface area contributed by atoms with Gasteiger partial charge < -0.3 is 9.64 Å². The molecule has 1 aromatic heterocycles. The van der Waals surface area contributed by atoms with E-state index >= 15 is 0 Å². The van der Waals surface area contributed by atoms with Gasteiger partial charge in [-0.1, -0.05) is 18.2 Å². The summed E-state index contributed by atoms with van der Waals surface area (Å²) in [5.41, 5.74) is 2.03. The Morgan fingerprint density at radius 2 is 1.86 bits per heavy atom. The number of aromatic nitrogens is 2. The highest BCUT2D eigenvalue weighted by Gasteiger charge is 2.40. The molecular formula is C23H30N4O2. The topological polar surface area (TPSA) is 58.6 Å². The summed E-state index contributed by atoms with van der Waals surface area (Å²) in [5, 5.41) is 0. The van der Waals surface area contributed by atoms with Crippen molar-refractivity contribution in [3.63, 3.8) is 0 Å². The quantitative estimate of drug-likeness (QED) is 0.754. The Bertz CT molecular complexity index is 801. The number of carbonyl (C=O) groups excluding carboxylic acids is 1. The van der Waals surface area contributed by atoms with Crippen LogP contribution >= 0.6 is 0 Å². The lowest BCUT2D eigenvalue weighted by Gasteiger charge is -2.47. The van der Waals surface area contributed by atoms with E-state index in [1.54, 1.807) is 12.4 Å². The molecule has 4 rings (SSSR count). The molecule has 2 fully saturated rings. The summed E-state index contributed by atoms with van der Waals surface area (Å²) in [6, 6.07) is 9.99. The minimum atomic E-state index is 0.247. The van der Waals surface area contributed by atoms with Gasteiger partial charge in [0, 0.05) is 25.7 Å². The maximum Gasteiger partial charge on any atom is 0.222 e. The average molecular weight is 395 g/mol. The first kappa shape index (κ1) is 19.8. The molecule has 1 aromatic carbocycles. The lowest BCUT2D eigenvalue weighted by molar-refractivity contribution is -0.140. The van der Waals surface area contributed by atoms with Crippen LogP contribution in [0.25, 0.3) is 0 Å². The Kier molecular flexibility index (Phi) is 6.09. The van der Waals surface area contributed by atoms with E-state index in [4.69, 9.17) is 4.74 Å². The van der Waals surface area contributed by atoms with Crippen LogP contribution in [0, 0.1) is 12.3 Å². The van der Waals surface area contributed by atoms with Crippen LogP contribution in [-0.2, 0) is 11.3 Å². The first-order valence-corrected chi connectivity index (χ1v) is 10.6. The lowest BCUT2D eigenvalue weighted by Crippen LogP contribution is -2.51. The molecule has 1 amide bonds. The number of rotatable bonds is 6. The Labute approximate surface area is 172 Å². The Balaban J connectivity index is 1.27. The van der Waals surface area contributed by atoms with Crippen molar-refractivity contribution in [3.05, 3.63) is 54.1 Å². The molecule has 0 aliphatic carbocycles. The third kappa shape index (κ3) is 5.12. The molecule has 3 heterocycles. The average Bonchev–Trinajstić information content (AvgIpc) is 2.75. The molecule has 1 spiro atoms. The van der Waals surface area contributed by atoms with Crippen LogP contribution in [0.3, 0.4) is 0 Å². The molecule has 2 aliphatic heterocycles. The zero-order valence-electron chi connectivity index (χ0n) is 17.2. The van der Waals surface area contributed by atoms with Gasteiger partial charge in [0.15, 0.2) is 0 Å². The third-order valence-corrected chi connectivity index (χ3v) is 6.27. The summed E-state index contributed by atoms with van der Waals surface area (Å²) >= 11 is 0. The van der Waals surface area contributed by atoms with Gasteiger partial charge in [0.25, 0.3) is 0 Å². The van der Waals surface area contributed by atoms with E-state index in [9.17, 15) is 4.79 Å². The number of ether oxygens (including phenoxy) is 1. The van der Waals surface area contributed by atoms with E-state index in [2.05, 4.69) is 14.9 Å². The van der Waals surface area contributed by atoms with E-state index < -0.39 is 0 Å². The number of hydrogen-bond donors (Lipinski definition) is 0. The molecule has 2 saturated heterocycles. The fraction of sp³-hybridized carbons (Fsp3) is 0.522. The van der Waals surface area contributed by atoms with Gasteiger partial charge >= 0.3 is 0 Å². The number of benzene rings is 1. The first-order valence-electron chi connectivity index (χ1n) is 10.6. The largest absolute Gasteiger partial charge is 0.492 e. The molecular weight excluding hydrogens is 364 g/mol. The Hall–Kier alpha value is -2.47. The Morgan fingerprint density at radius 3 is 2.59 bits per heavy atom. The third-order valence-electron chi connectivity index (χ3n) is 6.27. The van der Waals surface area contributed by atoms with Crippen molar-refractivity contribution >= 4 is 5.91 Å². The second kappa shape index (κ2) is 8.91. The Morgan fingerprint density at radius 1 is 1.07 bits per heavy atom. The summed E-state index contributed by atoms with van der Waals surface area (Å²) in [5.74, 6) is 1.18. The number of para-hydroxylation sites is 1. The maximum absolute atomic E-state index is 12.5. The highest BCUT2D eigenvalue weighted by Crippen LogP contribution is 2.40. The van der Waals surface area contributed by atoms with Crippen LogP contribution in [0.1, 0.15) is 37.1 Å². The molecule has 154 valence electrons. The van der Waals surface area contributed by atoms with Gasteiger partial charge in [0.1, 0.15) is 12.4 Å². The second-order valence-electron chi connectivity index (χ2n) is 8.40. The van der Waals surface area contributed by atoms with E-state index in [0.717, 1.165) is 62.6 Å². The van der Waals surface area contributed by atoms with E-state index in [-0.39, 0.29) is 11.3 Å². The number of nitrogens with zero attached hydrogens (tertiary/aromatic N) is 4. The number of likely N-dealkylation sites (tertiary alicyclic amines) is 2. The van der Waals surface area contributed by atoms with Crippen molar-refractivity contribution in [1.82, 2.24) is 19.8 Å². The normalized spacial score (nSPS) is 19.5. The number of carbonyl (C=O) groups is 1. The molecule has 2 aromatic rings. The van der Waals surface area contributed by atoms with Crippen LogP contribution in [0.4, 0.5) is 0 Å². The molecule has 6 heteroatoms. The molecule has 0 radical (unpaired) electrons. The number of piperidine rings is 2. The summed E-state index contributed by atoms with van der Waals surface area (Å²) in [7, 11) is 0. The van der Waals surface area contributed by atoms with Crippen LogP contribution in [0.15, 0.2) is 42.7 Å². The van der Waals surface area contributed by atoms with Gasteiger partial charge in [-0.3, -0.25) is 19.7 Å². The minimum absolute atomic E-state index is 0.247. The van der Waals surface area contributed by atoms with Crippen molar-refractivity contribution in [1.29, 1.82) is 0 Å². The summed E-state index contributed by atoms with van der Waals surface area (Å²) < 4.78 is 5.84. The van der Waals surface area contributed by atoms with Gasteiger partial charge in [-0.05, 0) is 56.8 Å². The molecule has 0 unspecified atom stereocenters. The fourth-order valence-corrected chi connectivity index (χ4v) is 4.41. The van der Waals surface area contributed by atoms with Crippen molar-refractivity contribution in [2.45, 2.75) is 39.2 Å². The van der Waals surface area contributed by atoms with Crippen LogP contribution < -0.4 is 4.74 Å². The number of hydrogen-bond acceptors (Lipinski definition) is 5. The predicted molar refractivity (Wildman–Crippen MR) is 111 cm³/mol. The molecule has 0 bridgehead atoms. The van der Waals surface area contributed by atoms with E-state index in [1.807, 2.05) is 42.2 Å². The summed E-state index contributed by atoms with van der Waals surface area (Å²) in [6.45, 7) is 7.16. The predicted octanol–water partition coefficient (Wildman–Crippen LogP) is 3.07. The summed E-state index contributed by atoms with van der Waals surface area (Å²) in [6.07, 6.45) is 7.50. The van der Waals surface area contributed by atoms with Crippen LogP contribution in [0.5, 0.6) is 5.75 Å². The smallest absolute Gasteiger partial charge is 0.222 e. The van der Waals surface area contributed by atoms with Crippen molar-refractivity contribution in [3.8, 4) is 5.75 Å². The SMILES string of the molecule is Cc1cnc(CN2CC3(CCC2=O)CCN(CCOc2ccccc2)CC3)cn1. The van der Waals surface area contributed by atoms with Gasteiger partial charge in [-0.2, -0.15) is 0 Å². The molecule has 0 saturated carbocycles.